The summed E-state index contributed by atoms with van der Waals surface area (Å²) in [6.45, 7) is 8.11. The van der Waals surface area contributed by atoms with Crippen molar-refractivity contribution in [2.24, 2.45) is 0 Å². The van der Waals surface area contributed by atoms with E-state index >= 15 is 0 Å². The number of rotatable bonds is 4. The fourth-order valence-corrected chi connectivity index (χ4v) is 5.22. The van der Waals surface area contributed by atoms with E-state index in [-0.39, 0.29) is 0 Å². The zero-order chi connectivity index (χ0) is 20.7. The third-order valence-electron chi connectivity index (χ3n) is 5.94. The second-order valence-electron chi connectivity index (χ2n) is 7.78. The van der Waals surface area contributed by atoms with Crippen LogP contribution in [0.15, 0.2) is 42.5 Å². The van der Waals surface area contributed by atoms with E-state index in [2.05, 4.69) is 54.0 Å². The van der Waals surface area contributed by atoms with Crippen molar-refractivity contribution >= 4 is 43.4 Å². The lowest BCUT2D eigenvalue weighted by Gasteiger charge is -2.35. The van der Waals surface area contributed by atoms with Gasteiger partial charge in [0, 0.05) is 31.6 Å². The van der Waals surface area contributed by atoms with Crippen molar-refractivity contribution in [2.75, 3.05) is 43.1 Å². The van der Waals surface area contributed by atoms with E-state index in [0.29, 0.717) is 0 Å². The Labute approximate surface area is 180 Å². The molecule has 2 aromatic heterocycles. The van der Waals surface area contributed by atoms with Gasteiger partial charge in [0.25, 0.3) is 0 Å². The zero-order valence-corrected chi connectivity index (χ0v) is 18.5. The van der Waals surface area contributed by atoms with Crippen LogP contribution in [0, 0.1) is 6.92 Å². The van der Waals surface area contributed by atoms with Crippen molar-refractivity contribution in [3.8, 4) is 5.75 Å². The first-order chi connectivity index (χ1) is 14.7. The first-order valence-corrected chi connectivity index (χ1v) is 11.3. The lowest BCUT2D eigenvalue weighted by Crippen LogP contribution is -2.46. The summed E-state index contributed by atoms with van der Waals surface area (Å²) >= 11 is 1.80. The number of hydrogen-bond donors (Lipinski definition) is 0. The number of methoxy groups -OCH3 is 1. The van der Waals surface area contributed by atoms with E-state index in [1.165, 1.54) is 15.8 Å². The van der Waals surface area contributed by atoms with Crippen LogP contribution in [-0.4, -0.2) is 43.3 Å². The quantitative estimate of drug-likeness (QED) is 0.464. The highest BCUT2D eigenvalue weighted by molar-refractivity contribution is 7.22. The van der Waals surface area contributed by atoms with E-state index in [4.69, 9.17) is 14.7 Å². The Morgan fingerprint density at radius 3 is 2.57 bits per heavy atom. The molecule has 0 saturated carbocycles. The van der Waals surface area contributed by atoms with Crippen molar-refractivity contribution in [3.63, 3.8) is 0 Å². The fraction of sp³-hybridized carbons (Fsp3) is 0.333. The van der Waals surface area contributed by atoms with Gasteiger partial charge in [-0.1, -0.05) is 36.5 Å². The Morgan fingerprint density at radius 2 is 1.80 bits per heavy atom. The maximum absolute atomic E-state index is 5.55. The first-order valence-electron chi connectivity index (χ1n) is 10.5. The van der Waals surface area contributed by atoms with E-state index in [0.717, 1.165) is 65.7 Å². The summed E-state index contributed by atoms with van der Waals surface area (Å²) in [5.41, 5.74) is 4.65. The minimum Gasteiger partial charge on any atom is -0.494 e. The molecule has 0 radical (unpaired) electrons. The van der Waals surface area contributed by atoms with Gasteiger partial charge in [-0.15, -0.1) is 0 Å². The molecule has 0 N–H and O–H groups in total. The molecule has 0 spiro atoms. The van der Waals surface area contributed by atoms with Gasteiger partial charge < -0.3 is 14.5 Å². The van der Waals surface area contributed by atoms with Crippen molar-refractivity contribution in [2.45, 2.75) is 20.3 Å². The third kappa shape index (κ3) is 3.35. The molecule has 5 nitrogen and oxygen atoms in total. The van der Waals surface area contributed by atoms with Crippen LogP contribution in [0.4, 0.5) is 10.9 Å². The molecule has 2 aromatic carbocycles. The van der Waals surface area contributed by atoms with E-state index in [1.54, 1.807) is 18.4 Å². The number of benzene rings is 2. The Kier molecular flexibility index (Phi) is 4.95. The van der Waals surface area contributed by atoms with Gasteiger partial charge in [0.2, 0.25) is 0 Å². The highest BCUT2D eigenvalue weighted by Crippen LogP contribution is 2.32. The molecule has 0 amide bonds. The number of piperazine rings is 1. The molecule has 5 rings (SSSR count). The van der Waals surface area contributed by atoms with Gasteiger partial charge in [-0.2, -0.15) is 0 Å². The molecule has 154 valence electrons. The predicted octanol–water partition coefficient (Wildman–Crippen LogP) is 5.05. The Balaban J connectivity index is 1.37. The van der Waals surface area contributed by atoms with Crippen molar-refractivity contribution in [1.82, 2.24) is 9.97 Å². The molecule has 0 atom stereocenters. The summed E-state index contributed by atoms with van der Waals surface area (Å²) in [5, 5.41) is 2.28. The number of hydrogen-bond acceptors (Lipinski definition) is 6. The molecule has 1 saturated heterocycles. The lowest BCUT2D eigenvalue weighted by atomic mass is 10.1. The second-order valence-corrected chi connectivity index (χ2v) is 8.79. The van der Waals surface area contributed by atoms with Gasteiger partial charge in [0.15, 0.2) is 5.13 Å². The number of anilines is 2. The Hall–Kier alpha value is -2.86. The molecule has 3 heterocycles. The van der Waals surface area contributed by atoms with E-state index in [1.807, 2.05) is 12.1 Å². The molecule has 0 unspecified atom stereocenters. The summed E-state index contributed by atoms with van der Waals surface area (Å²) in [7, 11) is 1.71. The minimum atomic E-state index is 0.831. The third-order valence-corrected chi connectivity index (χ3v) is 7.02. The van der Waals surface area contributed by atoms with Gasteiger partial charge in [-0.05, 0) is 48.7 Å². The van der Waals surface area contributed by atoms with Crippen molar-refractivity contribution < 1.29 is 4.74 Å². The number of para-hydroxylation sites is 1. The molecule has 1 aliphatic heterocycles. The molecule has 6 heteroatoms. The van der Waals surface area contributed by atoms with Crippen LogP contribution in [0.5, 0.6) is 5.75 Å². The molecular formula is C24H26N4OS. The van der Waals surface area contributed by atoms with Gasteiger partial charge in [0.05, 0.1) is 17.3 Å². The summed E-state index contributed by atoms with van der Waals surface area (Å²) in [6.07, 6.45) is 1.06. The summed E-state index contributed by atoms with van der Waals surface area (Å²) in [5.74, 6) is 1.86. The Bertz CT molecular complexity index is 1210. The van der Waals surface area contributed by atoms with Crippen LogP contribution in [0.3, 0.4) is 0 Å². The van der Waals surface area contributed by atoms with Gasteiger partial charge >= 0.3 is 0 Å². The highest BCUT2D eigenvalue weighted by Gasteiger charge is 2.22. The van der Waals surface area contributed by atoms with E-state index in [9.17, 15) is 0 Å². The summed E-state index contributed by atoms with van der Waals surface area (Å²) in [6, 6.07) is 14.9. The molecule has 1 fully saturated rings. The highest BCUT2D eigenvalue weighted by atomic mass is 32.1. The average Bonchev–Trinajstić information content (AvgIpc) is 3.22. The number of fused-ring (bicyclic) bond motifs is 2. The topological polar surface area (TPSA) is 41.5 Å². The van der Waals surface area contributed by atoms with Crippen LogP contribution >= 0.6 is 11.3 Å². The smallest absolute Gasteiger partial charge is 0.186 e. The molecule has 30 heavy (non-hydrogen) atoms. The number of nitrogens with zero attached hydrogens (tertiary/aromatic N) is 4. The predicted molar refractivity (Wildman–Crippen MR) is 126 cm³/mol. The largest absolute Gasteiger partial charge is 0.494 e. The molecule has 0 aliphatic carbocycles. The summed E-state index contributed by atoms with van der Waals surface area (Å²) in [4.78, 5) is 14.6. The number of thiazole rings is 1. The second kappa shape index (κ2) is 7.76. The summed E-state index contributed by atoms with van der Waals surface area (Å²) < 4.78 is 6.83. The fourth-order valence-electron chi connectivity index (χ4n) is 4.14. The number of ether oxygens (including phenoxy) is 1. The minimum absolute atomic E-state index is 0.831. The standard InChI is InChI=1S/C24H26N4OS/c1-4-17-8-9-19-21(15-17)30-24(25-19)28-12-10-27(11-13-28)22-14-16(2)18-6-5-7-20(29-3)23(18)26-22/h5-9,14-15H,4,10-13H2,1-3H3. The lowest BCUT2D eigenvalue weighted by molar-refractivity contribution is 0.419. The van der Waals surface area contributed by atoms with Gasteiger partial charge in [0.1, 0.15) is 17.1 Å². The first kappa shape index (κ1) is 19.1. The van der Waals surface area contributed by atoms with Crippen LogP contribution in [0.2, 0.25) is 0 Å². The molecule has 4 aromatic rings. The number of aromatic nitrogens is 2. The molecule has 1 aliphatic rings. The van der Waals surface area contributed by atoms with Gasteiger partial charge in [-0.25, -0.2) is 9.97 Å². The van der Waals surface area contributed by atoms with Crippen LogP contribution in [-0.2, 0) is 6.42 Å². The molecular weight excluding hydrogens is 392 g/mol. The zero-order valence-electron chi connectivity index (χ0n) is 17.7. The van der Waals surface area contributed by atoms with Crippen LogP contribution in [0.1, 0.15) is 18.1 Å². The average molecular weight is 419 g/mol. The van der Waals surface area contributed by atoms with Crippen LogP contribution in [0.25, 0.3) is 21.1 Å². The number of aryl methyl sites for hydroxylation is 2. The maximum Gasteiger partial charge on any atom is 0.186 e. The van der Waals surface area contributed by atoms with E-state index < -0.39 is 0 Å². The monoisotopic (exact) mass is 418 g/mol. The SMILES string of the molecule is CCc1ccc2nc(N3CCN(c4cc(C)c5cccc(OC)c5n4)CC3)sc2c1. The van der Waals surface area contributed by atoms with Crippen LogP contribution < -0.4 is 14.5 Å². The van der Waals surface area contributed by atoms with Crippen molar-refractivity contribution in [1.29, 1.82) is 0 Å². The normalized spacial score (nSPS) is 14.6. The maximum atomic E-state index is 5.55. The Morgan fingerprint density at radius 1 is 1.00 bits per heavy atom. The number of pyridine rings is 1. The van der Waals surface area contributed by atoms with Gasteiger partial charge in [-0.3, -0.25) is 0 Å². The van der Waals surface area contributed by atoms with Crippen molar-refractivity contribution in [3.05, 3.63) is 53.6 Å². The molecule has 0 bridgehead atoms.